The van der Waals surface area contributed by atoms with E-state index in [1.54, 1.807) is 0 Å². The van der Waals surface area contributed by atoms with Crippen molar-refractivity contribution < 1.29 is 9.84 Å². The van der Waals surface area contributed by atoms with Crippen molar-refractivity contribution in [2.45, 2.75) is 51.1 Å². The maximum atomic E-state index is 9.27. The number of hydrogen-bond acceptors (Lipinski definition) is 4. The monoisotopic (exact) mass is 256 g/mol. The molecule has 2 heterocycles. The highest BCUT2D eigenvalue weighted by Gasteiger charge is 2.41. The minimum Gasteiger partial charge on any atom is -0.394 e. The van der Waals surface area contributed by atoms with Crippen LogP contribution in [0.15, 0.2) is 0 Å². The van der Waals surface area contributed by atoms with Gasteiger partial charge in [-0.05, 0) is 51.5 Å². The third-order valence-electron chi connectivity index (χ3n) is 4.77. The number of hydrogen-bond donors (Lipinski definition) is 2. The van der Waals surface area contributed by atoms with Gasteiger partial charge in [-0.1, -0.05) is 0 Å². The zero-order chi connectivity index (χ0) is 13.2. The molecule has 18 heavy (non-hydrogen) atoms. The predicted octanol–water partition coefficient (Wildman–Crippen LogP) is 0.977. The first-order valence-electron chi connectivity index (χ1n) is 7.18. The summed E-state index contributed by atoms with van der Waals surface area (Å²) in [6.45, 7) is 8.43. The second kappa shape index (κ2) is 5.45. The molecule has 2 aliphatic rings. The Kier molecular flexibility index (Phi) is 4.32. The average molecular weight is 256 g/mol. The Hall–Kier alpha value is -0.160. The van der Waals surface area contributed by atoms with E-state index in [2.05, 4.69) is 11.8 Å². The summed E-state index contributed by atoms with van der Waals surface area (Å²) in [5.74, 6) is 0. The number of nitrogens with zero attached hydrogens (tertiary/aromatic N) is 1. The molecule has 0 aromatic carbocycles. The fraction of sp³-hybridized carbons (Fsp3) is 1.00. The van der Waals surface area contributed by atoms with E-state index in [0.717, 1.165) is 19.6 Å². The summed E-state index contributed by atoms with van der Waals surface area (Å²) in [5.41, 5.74) is 6.10. The Bertz CT molecular complexity index is 275. The fourth-order valence-electron chi connectivity index (χ4n) is 3.43. The van der Waals surface area contributed by atoms with Gasteiger partial charge < -0.3 is 20.5 Å². The van der Waals surface area contributed by atoms with Gasteiger partial charge in [0.1, 0.15) is 0 Å². The fourth-order valence-corrected chi connectivity index (χ4v) is 3.43. The van der Waals surface area contributed by atoms with E-state index in [0.29, 0.717) is 11.5 Å². The quantitative estimate of drug-likeness (QED) is 0.787. The third kappa shape index (κ3) is 3.23. The second-order valence-corrected chi connectivity index (χ2v) is 6.70. The minimum atomic E-state index is -0.454. The van der Waals surface area contributed by atoms with Gasteiger partial charge in [-0.15, -0.1) is 0 Å². The minimum absolute atomic E-state index is 0.0597. The van der Waals surface area contributed by atoms with Crippen LogP contribution in [0, 0.1) is 5.41 Å². The molecule has 2 fully saturated rings. The molecule has 2 rings (SSSR count). The summed E-state index contributed by atoms with van der Waals surface area (Å²) in [4.78, 5) is 2.55. The van der Waals surface area contributed by atoms with E-state index in [1.165, 1.54) is 32.4 Å². The predicted molar refractivity (Wildman–Crippen MR) is 72.4 cm³/mol. The molecule has 0 aromatic rings. The molecule has 4 nitrogen and oxygen atoms in total. The van der Waals surface area contributed by atoms with Crippen LogP contribution in [0.2, 0.25) is 0 Å². The molecule has 106 valence electrons. The van der Waals surface area contributed by atoms with Crippen molar-refractivity contribution >= 4 is 0 Å². The van der Waals surface area contributed by atoms with Gasteiger partial charge in [-0.2, -0.15) is 0 Å². The highest BCUT2D eigenvalue weighted by atomic mass is 16.5. The molecule has 2 saturated heterocycles. The van der Waals surface area contributed by atoms with Gasteiger partial charge in [0.15, 0.2) is 0 Å². The highest BCUT2D eigenvalue weighted by molar-refractivity contribution is 4.94. The van der Waals surface area contributed by atoms with Gasteiger partial charge in [0.2, 0.25) is 0 Å². The molecule has 0 aliphatic carbocycles. The van der Waals surface area contributed by atoms with Crippen molar-refractivity contribution in [3.05, 3.63) is 0 Å². The lowest BCUT2D eigenvalue weighted by Crippen LogP contribution is -2.47. The lowest BCUT2D eigenvalue weighted by atomic mass is 9.79. The number of nitrogens with two attached hydrogens (primary N) is 1. The van der Waals surface area contributed by atoms with Gasteiger partial charge in [0, 0.05) is 31.3 Å². The Morgan fingerprint density at radius 3 is 2.67 bits per heavy atom. The SMILES string of the molecule is CC(CC(C)(N)CO)N1CCC2(CCOCC2)C1. The topological polar surface area (TPSA) is 58.7 Å². The Morgan fingerprint density at radius 1 is 1.39 bits per heavy atom. The van der Waals surface area contributed by atoms with Crippen molar-refractivity contribution in [3.63, 3.8) is 0 Å². The maximum Gasteiger partial charge on any atom is 0.0609 e. The summed E-state index contributed by atoms with van der Waals surface area (Å²) < 4.78 is 5.48. The number of rotatable bonds is 4. The molecule has 4 heteroatoms. The number of aliphatic hydroxyl groups excluding tert-OH is 1. The van der Waals surface area contributed by atoms with E-state index in [1.807, 2.05) is 6.92 Å². The van der Waals surface area contributed by atoms with E-state index in [4.69, 9.17) is 10.5 Å². The summed E-state index contributed by atoms with van der Waals surface area (Å²) in [7, 11) is 0. The van der Waals surface area contributed by atoms with Crippen LogP contribution in [-0.2, 0) is 4.74 Å². The smallest absolute Gasteiger partial charge is 0.0609 e. The lowest BCUT2D eigenvalue weighted by Gasteiger charge is -2.36. The van der Waals surface area contributed by atoms with Crippen molar-refractivity contribution in [1.29, 1.82) is 0 Å². The van der Waals surface area contributed by atoms with Crippen LogP contribution in [0.1, 0.15) is 39.5 Å². The largest absolute Gasteiger partial charge is 0.394 e. The van der Waals surface area contributed by atoms with Gasteiger partial charge in [0.25, 0.3) is 0 Å². The molecule has 0 amide bonds. The van der Waals surface area contributed by atoms with Gasteiger partial charge >= 0.3 is 0 Å². The summed E-state index contributed by atoms with van der Waals surface area (Å²) in [6.07, 6.45) is 4.56. The van der Waals surface area contributed by atoms with Gasteiger partial charge in [0.05, 0.1) is 6.61 Å². The first-order valence-corrected chi connectivity index (χ1v) is 7.18. The van der Waals surface area contributed by atoms with Crippen molar-refractivity contribution in [2.75, 3.05) is 32.9 Å². The number of likely N-dealkylation sites (tertiary alicyclic amines) is 1. The lowest BCUT2D eigenvalue weighted by molar-refractivity contribution is 0.0164. The molecule has 0 aromatic heterocycles. The normalized spacial score (nSPS) is 29.3. The van der Waals surface area contributed by atoms with Crippen LogP contribution < -0.4 is 5.73 Å². The van der Waals surface area contributed by atoms with Crippen LogP contribution >= 0.6 is 0 Å². The van der Waals surface area contributed by atoms with E-state index < -0.39 is 5.54 Å². The Balaban J connectivity index is 1.88. The van der Waals surface area contributed by atoms with Crippen LogP contribution in [0.3, 0.4) is 0 Å². The number of ether oxygens (including phenoxy) is 1. The summed E-state index contributed by atoms with van der Waals surface area (Å²) >= 11 is 0. The van der Waals surface area contributed by atoms with Crippen LogP contribution in [-0.4, -0.2) is 54.5 Å². The highest BCUT2D eigenvalue weighted by Crippen LogP contribution is 2.40. The molecular weight excluding hydrogens is 228 g/mol. The molecule has 2 aliphatic heterocycles. The van der Waals surface area contributed by atoms with Crippen LogP contribution in [0.4, 0.5) is 0 Å². The molecule has 2 atom stereocenters. The second-order valence-electron chi connectivity index (χ2n) is 6.70. The van der Waals surface area contributed by atoms with Crippen LogP contribution in [0.5, 0.6) is 0 Å². The van der Waals surface area contributed by atoms with E-state index in [9.17, 15) is 5.11 Å². The van der Waals surface area contributed by atoms with Crippen molar-refractivity contribution in [1.82, 2.24) is 4.90 Å². The molecule has 0 saturated carbocycles. The van der Waals surface area contributed by atoms with E-state index in [-0.39, 0.29) is 6.61 Å². The first-order chi connectivity index (χ1) is 8.46. The van der Waals surface area contributed by atoms with Crippen molar-refractivity contribution in [3.8, 4) is 0 Å². The van der Waals surface area contributed by atoms with Gasteiger partial charge in [-0.25, -0.2) is 0 Å². The zero-order valence-corrected chi connectivity index (χ0v) is 11.8. The van der Waals surface area contributed by atoms with Crippen LogP contribution in [0.25, 0.3) is 0 Å². The Labute approximate surface area is 110 Å². The first kappa shape index (κ1) is 14.3. The molecule has 0 radical (unpaired) electrons. The van der Waals surface area contributed by atoms with Crippen molar-refractivity contribution in [2.24, 2.45) is 11.1 Å². The molecule has 2 unspecified atom stereocenters. The molecular formula is C14H28N2O2. The Morgan fingerprint density at radius 2 is 2.06 bits per heavy atom. The number of aliphatic hydroxyl groups is 1. The summed E-state index contributed by atoms with van der Waals surface area (Å²) in [6, 6.07) is 0.453. The average Bonchev–Trinajstić information content (AvgIpc) is 2.74. The zero-order valence-electron chi connectivity index (χ0n) is 11.8. The van der Waals surface area contributed by atoms with E-state index >= 15 is 0 Å². The summed E-state index contributed by atoms with van der Waals surface area (Å²) in [5, 5.41) is 9.27. The van der Waals surface area contributed by atoms with Gasteiger partial charge in [-0.3, -0.25) is 0 Å². The molecule has 1 spiro atoms. The molecule has 0 bridgehead atoms. The maximum absolute atomic E-state index is 9.27. The molecule has 3 N–H and O–H groups in total. The third-order valence-corrected chi connectivity index (χ3v) is 4.77. The standard InChI is InChI=1S/C14H28N2O2/c1-12(9-13(2,15)11-17)16-6-3-14(10-16)4-7-18-8-5-14/h12,17H,3-11,15H2,1-2H3.